The maximum atomic E-state index is 9.79. The zero-order valence-electron chi connectivity index (χ0n) is 9.06. The van der Waals surface area contributed by atoms with Crippen LogP contribution in [-0.2, 0) is 0 Å². The number of hydrogen-bond donors (Lipinski definition) is 1. The van der Waals surface area contributed by atoms with E-state index in [0.29, 0.717) is 0 Å². The van der Waals surface area contributed by atoms with E-state index >= 15 is 0 Å². The summed E-state index contributed by atoms with van der Waals surface area (Å²) in [6, 6.07) is 7.41. The molecule has 0 unspecified atom stereocenters. The smallest absolute Gasteiger partial charge is 0.127 e. The second-order valence-corrected chi connectivity index (χ2v) is 4.18. The van der Waals surface area contributed by atoms with Crippen LogP contribution in [0.15, 0.2) is 24.3 Å². The van der Waals surface area contributed by atoms with Crippen molar-refractivity contribution in [1.82, 2.24) is 0 Å². The van der Waals surface area contributed by atoms with Gasteiger partial charge in [0.25, 0.3) is 0 Å². The highest BCUT2D eigenvalue weighted by Gasteiger charge is 2.42. The van der Waals surface area contributed by atoms with E-state index in [-0.39, 0.29) is 6.10 Å². The largest absolute Gasteiger partial charge is 0.497 e. The fourth-order valence-electron chi connectivity index (χ4n) is 1.68. The lowest BCUT2D eigenvalue weighted by Crippen LogP contribution is -2.52. The summed E-state index contributed by atoms with van der Waals surface area (Å²) in [5.41, 5.74) is -0.667. The van der Waals surface area contributed by atoms with Gasteiger partial charge >= 0.3 is 0 Å². The van der Waals surface area contributed by atoms with Gasteiger partial charge in [0.05, 0.1) is 12.7 Å². The van der Waals surface area contributed by atoms with E-state index in [1.807, 2.05) is 31.2 Å². The predicted octanol–water partition coefficient (Wildman–Crippen LogP) is 1.99. The van der Waals surface area contributed by atoms with Crippen LogP contribution in [0, 0.1) is 0 Å². The van der Waals surface area contributed by atoms with Gasteiger partial charge in [-0.15, -0.1) is 0 Å². The SMILES string of the molecule is COc1ccc(O[C@H]2CC[C@]2(C)O)cc1. The third kappa shape index (κ3) is 2.07. The van der Waals surface area contributed by atoms with E-state index in [1.165, 1.54) is 0 Å². The lowest BCUT2D eigenvalue weighted by Gasteiger charge is -2.42. The molecule has 1 fully saturated rings. The Bertz CT molecular complexity index is 329. The van der Waals surface area contributed by atoms with Crippen molar-refractivity contribution in [3.05, 3.63) is 24.3 Å². The maximum Gasteiger partial charge on any atom is 0.127 e. The fourth-order valence-corrected chi connectivity index (χ4v) is 1.68. The highest BCUT2D eigenvalue weighted by molar-refractivity contribution is 5.31. The number of methoxy groups -OCH3 is 1. The molecule has 0 spiro atoms. The van der Waals surface area contributed by atoms with Crippen molar-refractivity contribution in [2.75, 3.05) is 7.11 Å². The fraction of sp³-hybridized carbons (Fsp3) is 0.500. The molecule has 1 aromatic carbocycles. The van der Waals surface area contributed by atoms with E-state index in [0.717, 1.165) is 24.3 Å². The molecule has 1 aliphatic rings. The highest BCUT2D eigenvalue weighted by Crippen LogP contribution is 2.35. The molecule has 2 rings (SSSR count). The Morgan fingerprint density at radius 2 is 1.87 bits per heavy atom. The number of rotatable bonds is 3. The van der Waals surface area contributed by atoms with E-state index in [1.54, 1.807) is 7.11 Å². The average molecular weight is 208 g/mol. The Hall–Kier alpha value is -1.22. The van der Waals surface area contributed by atoms with Gasteiger partial charge in [-0.3, -0.25) is 0 Å². The summed E-state index contributed by atoms with van der Waals surface area (Å²) in [4.78, 5) is 0. The van der Waals surface area contributed by atoms with Gasteiger partial charge in [-0.05, 0) is 44.0 Å². The summed E-state index contributed by atoms with van der Waals surface area (Å²) in [6.07, 6.45) is 1.65. The van der Waals surface area contributed by atoms with Crippen LogP contribution in [0.1, 0.15) is 19.8 Å². The van der Waals surface area contributed by atoms with Crippen LogP contribution in [0.4, 0.5) is 0 Å². The minimum Gasteiger partial charge on any atom is -0.497 e. The van der Waals surface area contributed by atoms with Crippen LogP contribution in [0.2, 0.25) is 0 Å². The molecule has 1 saturated carbocycles. The van der Waals surface area contributed by atoms with Gasteiger partial charge in [0, 0.05) is 0 Å². The minimum atomic E-state index is -0.667. The zero-order chi connectivity index (χ0) is 10.9. The summed E-state index contributed by atoms with van der Waals surface area (Å²) in [5, 5.41) is 9.79. The first-order valence-corrected chi connectivity index (χ1v) is 5.15. The van der Waals surface area contributed by atoms with Crippen molar-refractivity contribution in [2.24, 2.45) is 0 Å². The van der Waals surface area contributed by atoms with E-state index in [2.05, 4.69) is 0 Å². The van der Waals surface area contributed by atoms with Crippen LogP contribution >= 0.6 is 0 Å². The van der Waals surface area contributed by atoms with Crippen molar-refractivity contribution in [1.29, 1.82) is 0 Å². The van der Waals surface area contributed by atoms with Crippen LogP contribution in [0.25, 0.3) is 0 Å². The number of hydrogen-bond acceptors (Lipinski definition) is 3. The molecule has 1 N–H and O–H groups in total. The summed E-state index contributed by atoms with van der Waals surface area (Å²) < 4.78 is 10.7. The molecular formula is C12H16O3. The molecule has 0 bridgehead atoms. The highest BCUT2D eigenvalue weighted by atomic mass is 16.5. The number of benzene rings is 1. The van der Waals surface area contributed by atoms with Gasteiger partial charge in [0.1, 0.15) is 17.6 Å². The van der Waals surface area contributed by atoms with Crippen LogP contribution in [0.5, 0.6) is 11.5 Å². The van der Waals surface area contributed by atoms with Crippen LogP contribution < -0.4 is 9.47 Å². The molecule has 0 amide bonds. The molecular weight excluding hydrogens is 192 g/mol. The average Bonchev–Trinajstić information content (AvgIpc) is 2.25. The lowest BCUT2D eigenvalue weighted by molar-refractivity contribution is -0.118. The number of ether oxygens (including phenoxy) is 2. The Kier molecular flexibility index (Phi) is 2.57. The van der Waals surface area contributed by atoms with Gasteiger partial charge in [0.2, 0.25) is 0 Å². The monoisotopic (exact) mass is 208 g/mol. The molecule has 1 aromatic rings. The summed E-state index contributed by atoms with van der Waals surface area (Å²) in [6.45, 7) is 1.81. The normalized spacial score (nSPS) is 29.4. The van der Waals surface area contributed by atoms with Crippen molar-refractivity contribution in [3.8, 4) is 11.5 Å². The molecule has 3 nitrogen and oxygen atoms in total. The molecule has 0 heterocycles. The quantitative estimate of drug-likeness (QED) is 0.825. The van der Waals surface area contributed by atoms with Crippen LogP contribution in [0.3, 0.4) is 0 Å². The number of aliphatic hydroxyl groups is 1. The van der Waals surface area contributed by atoms with E-state index in [4.69, 9.17) is 9.47 Å². The molecule has 82 valence electrons. The predicted molar refractivity (Wildman–Crippen MR) is 57.3 cm³/mol. The zero-order valence-corrected chi connectivity index (χ0v) is 9.06. The summed E-state index contributed by atoms with van der Waals surface area (Å²) >= 11 is 0. The topological polar surface area (TPSA) is 38.7 Å². The summed E-state index contributed by atoms with van der Waals surface area (Å²) in [5.74, 6) is 1.59. The molecule has 0 saturated heterocycles. The second kappa shape index (κ2) is 3.74. The first-order valence-electron chi connectivity index (χ1n) is 5.15. The third-order valence-electron chi connectivity index (χ3n) is 2.94. The van der Waals surface area contributed by atoms with Gasteiger partial charge < -0.3 is 14.6 Å². The Labute approximate surface area is 89.6 Å². The first kappa shape index (κ1) is 10.3. The van der Waals surface area contributed by atoms with Crippen molar-refractivity contribution < 1.29 is 14.6 Å². The van der Waals surface area contributed by atoms with Gasteiger partial charge in [-0.2, -0.15) is 0 Å². The maximum absolute atomic E-state index is 9.79. The van der Waals surface area contributed by atoms with Gasteiger partial charge in [-0.1, -0.05) is 0 Å². The molecule has 0 aromatic heterocycles. The molecule has 3 heteroatoms. The Morgan fingerprint density at radius 3 is 2.27 bits per heavy atom. The molecule has 0 aliphatic heterocycles. The van der Waals surface area contributed by atoms with Crippen molar-refractivity contribution in [2.45, 2.75) is 31.5 Å². The summed E-state index contributed by atoms with van der Waals surface area (Å²) in [7, 11) is 1.63. The van der Waals surface area contributed by atoms with Crippen molar-refractivity contribution in [3.63, 3.8) is 0 Å². The molecule has 0 radical (unpaired) electrons. The second-order valence-electron chi connectivity index (χ2n) is 4.18. The molecule has 1 aliphatic carbocycles. The van der Waals surface area contributed by atoms with E-state index in [9.17, 15) is 5.11 Å². The minimum absolute atomic E-state index is 0.0779. The Morgan fingerprint density at radius 1 is 1.27 bits per heavy atom. The van der Waals surface area contributed by atoms with Gasteiger partial charge in [-0.25, -0.2) is 0 Å². The third-order valence-corrected chi connectivity index (χ3v) is 2.94. The lowest BCUT2D eigenvalue weighted by atomic mass is 9.78. The Balaban J connectivity index is 1.99. The first-order chi connectivity index (χ1) is 7.12. The van der Waals surface area contributed by atoms with E-state index < -0.39 is 5.60 Å². The standard InChI is InChI=1S/C12H16O3/c1-12(13)8-7-11(12)15-10-5-3-9(14-2)4-6-10/h3-6,11,13H,7-8H2,1-2H3/t11-,12-/m0/s1. The van der Waals surface area contributed by atoms with Crippen molar-refractivity contribution >= 4 is 0 Å². The molecule has 2 atom stereocenters. The molecule has 15 heavy (non-hydrogen) atoms. The van der Waals surface area contributed by atoms with Crippen LogP contribution in [-0.4, -0.2) is 23.9 Å². The van der Waals surface area contributed by atoms with Gasteiger partial charge in [0.15, 0.2) is 0 Å².